The zero-order valence-electron chi connectivity index (χ0n) is 18.0. The van der Waals surface area contributed by atoms with Crippen molar-refractivity contribution < 1.29 is 0 Å². The highest BCUT2D eigenvalue weighted by atomic mass is 14.2. The van der Waals surface area contributed by atoms with Crippen molar-refractivity contribution in [2.45, 2.75) is 105 Å². The molecule has 0 bridgehead atoms. The first kappa shape index (κ1) is 22.3. The van der Waals surface area contributed by atoms with Gasteiger partial charge >= 0.3 is 0 Å². The summed E-state index contributed by atoms with van der Waals surface area (Å²) < 4.78 is 0. The van der Waals surface area contributed by atoms with Gasteiger partial charge < -0.3 is 0 Å². The number of rotatable bonds is 13. The van der Waals surface area contributed by atoms with Crippen LogP contribution in [0.15, 0.2) is 24.3 Å². The van der Waals surface area contributed by atoms with E-state index < -0.39 is 0 Å². The molecule has 0 aliphatic carbocycles. The van der Waals surface area contributed by atoms with Gasteiger partial charge in [0.05, 0.1) is 0 Å². The molecule has 0 aliphatic rings. The molecule has 1 aromatic rings. The zero-order valence-corrected chi connectivity index (χ0v) is 18.0. The molecular formula is C25H44. The van der Waals surface area contributed by atoms with Gasteiger partial charge in [-0.15, -0.1) is 0 Å². The second-order valence-electron chi connectivity index (χ2n) is 8.68. The predicted molar refractivity (Wildman–Crippen MR) is 114 cm³/mol. The molecule has 144 valence electrons. The number of benzene rings is 1. The summed E-state index contributed by atoms with van der Waals surface area (Å²) in [6, 6.07) is 9.22. The van der Waals surface area contributed by atoms with Crippen LogP contribution < -0.4 is 0 Å². The van der Waals surface area contributed by atoms with E-state index in [1.807, 2.05) is 0 Å². The van der Waals surface area contributed by atoms with Gasteiger partial charge in [-0.2, -0.15) is 0 Å². The average Bonchev–Trinajstić information content (AvgIpc) is 2.64. The fourth-order valence-corrected chi connectivity index (χ4v) is 3.80. The minimum absolute atomic E-state index is 0.709. The Balaban J connectivity index is 2.53. The Morgan fingerprint density at radius 2 is 1.44 bits per heavy atom. The van der Waals surface area contributed by atoms with Gasteiger partial charge in [-0.25, -0.2) is 0 Å². The lowest BCUT2D eigenvalue weighted by Crippen LogP contribution is -2.11. The van der Waals surface area contributed by atoms with Crippen LogP contribution in [0.4, 0.5) is 0 Å². The smallest absolute Gasteiger partial charge is 0.0188 e. The number of hydrogen-bond donors (Lipinski definition) is 0. The van der Waals surface area contributed by atoms with Gasteiger partial charge in [-0.3, -0.25) is 0 Å². The Labute approximate surface area is 158 Å². The molecule has 0 aromatic heterocycles. The predicted octanol–water partition coefficient (Wildman–Crippen LogP) is 8.40. The summed E-state index contributed by atoms with van der Waals surface area (Å²) in [5.74, 6) is 3.27. The quantitative estimate of drug-likeness (QED) is 0.315. The monoisotopic (exact) mass is 344 g/mol. The molecule has 0 heteroatoms. The summed E-state index contributed by atoms with van der Waals surface area (Å²) in [7, 11) is 0. The highest BCUT2D eigenvalue weighted by Gasteiger charge is 2.15. The van der Waals surface area contributed by atoms with Crippen LogP contribution in [0.3, 0.4) is 0 Å². The van der Waals surface area contributed by atoms with Crippen LogP contribution in [0.5, 0.6) is 0 Å². The van der Waals surface area contributed by atoms with Crippen LogP contribution in [0.25, 0.3) is 0 Å². The molecule has 0 heterocycles. The molecule has 0 spiro atoms. The van der Waals surface area contributed by atoms with Crippen molar-refractivity contribution in [3.8, 4) is 0 Å². The van der Waals surface area contributed by atoms with Crippen molar-refractivity contribution in [3.63, 3.8) is 0 Å². The van der Waals surface area contributed by atoms with Crippen molar-refractivity contribution in [1.82, 2.24) is 0 Å². The number of unbranched alkanes of at least 4 members (excludes halogenated alkanes) is 2. The Bertz CT molecular complexity index is 447. The lowest BCUT2D eigenvalue weighted by Gasteiger charge is -2.23. The Morgan fingerprint density at radius 3 is 2.12 bits per heavy atom. The van der Waals surface area contributed by atoms with Crippen molar-refractivity contribution in [2.75, 3.05) is 0 Å². The van der Waals surface area contributed by atoms with Crippen LogP contribution >= 0.6 is 0 Å². The van der Waals surface area contributed by atoms with E-state index in [9.17, 15) is 0 Å². The van der Waals surface area contributed by atoms with Crippen molar-refractivity contribution in [2.24, 2.45) is 17.8 Å². The van der Waals surface area contributed by atoms with E-state index in [1.54, 1.807) is 11.1 Å². The van der Waals surface area contributed by atoms with E-state index in [0.717, 1.165) is 17.8 Å². The molecule has 0 aliphatic heterocycles. The molecule has 0 saturated heterocycles. The first-order valence-electron chi connectivity index (χ1n) is 11.1. The normalized spacial score (nSPS) is 16.4. The molecule has 0 amide bonds. The van der Waals surface area contributed by atoms with Crippen molar-refractivity contribution in [3.05, 3.63) is 35.4 Å². The first-order chi connectivity index (χ1) is 12.0. The lowest BCUT2D eigenvalue weighted by molar-refractivity contribution is 0.314. The highest BCUT2D eigenvalue weighted by Crippen LogP contribution is 2.29. The van der Waals surface area contributed by atoms with E-state index in [2.05, 4.69) is 65.8 Å². The molecule has 1 aromatic carbocycles. The van der Waals surface area contributed by atoms with E-state index >= 15 is 0 Å². The molecule has 4 atom stereocenters. The van der Waals surface area contributed by atoms with Gasteiger partial charge in [-0.05, 0) is 54.1 Å². The van der Waals surface area contributed by atoms with Crippen LogP contribution in [-0.4, -0.2) is 0 Å². The Morgan fingerprint density at radius 1 is 0.760 bits per heavy atom. The van der Waals surface area contributed by atoms with Crippen LogP contribution in [0.1, 0.15) is 110 Å². The molecule has 1 rings (SSSR count). The maximum absolute atomic E-state index is 2.47. The average molecular weight is 345 g/mol. The minimum Gasteiger partial charge on any atom is -0.0654 e. The first-order valence-corrected chi connectivity index (χ1v) is 11.1. The van der Waals surface area contributed by atoms with Crippen molar-refractivity contribution >= 4 is 0 Å². The van der Waals surface area contributed by atoms with Gasteiger partial charge in [0.2, 0.25) is 0 Å². The molecule has 4 unspecified atom stereocenters. The standard InChI is InChI=1S/C25H44/c1-7-9-10-13-23(6)25-15-12-11-14-24(25)19-18-22(5)21(4)17-16-20(3)8-2/h11-12,14-15,20-23H,7-10,13,16-19H2,1-6H3. The van der Waals surface area contributed by atoms with Crippen LogP contribution in [-0.2, 0) is 6.42 Å². The van der Waals surface area contributed by atoms with E-state index in [4.69, 9.17) is 0 Å². The number of aryl methyl sites for hydroxylation is 1. The summed E-state index contributed by atoms with van der Waals surface area (Å²) in [5.41, 5.74) is 3.21. The van der Waals surface area contributed by atoms with Gasteiger partial charge in [0.1, 0.15) is 0 Å². The minimum atomic E-state index is 0.709. The fraction of sp³-hybridized carbons (Fsp3) is 0.760. The maximum atomic E-state index is 2.47. The third-order valence-electron chi connectivity index (χ3n) is 6.48. The Hall–Kier alpha value is -0.780. The van der Waals surface area contributed by atoms with E-state index in [1.165, 1.54) is 57.8 Å². The molecule has 25 heavy (non-hydrogen) atoms. The van der Waals surface area contributed by atoms with Gasteiger partial charge in [0.15, 0.2) is 0 Å². The summed E-state index contributed by atoms with van der Waals surface area (Å²) in [5, 5.41) is 0. The fourth-order valence-electron chi connectivity index (χ4n) is 3.80. The molecule has 0 radical (unpaired) electrons. The van der Waals surface area contributed by atoms with Gasteiger partial charge in [0.25, 0.3) is 0 Å². The lowest BCUT2D eigenvalue weighted by atomic mass is 9.83. The summed E-state index contributed by atoms with van der Waals surface area (Å²) >= 11 is 0. The topological polar surface area (TPSA) is 0 Å². The third kappa shape index (κ3) is 8.43. The van der Waals surface area contributed by atoms with Gasteiger partial charge in [0, 0.05) is 0 Å². The SMILES string of the molecule is CCCCCC(C)c1ccccc1CCC(C)C(C)CCC(C)CC. The number of hydrogen-bond acceptors (Lipinski definition) is 0. The Kier molecular flexibility index (Phi) is 11.2. The second kappa shape index (κ2) is 12.6. The summed E-state index contributed by atoms with van der Waals surface area (Å²) in [4.78, 5) is 0. The molecule has 0 N–H and O–H groups in total. The second-order valence-corrected chi connectivity index (χ2v) is 8.68. The maximum Gasteiger partial charge on any atom is -0.0188 e. The largest absolute Gasteiger partial charge is 0.0654 e. The van der Waals surface area contributed by atoms with E-state index in [-0.39, 0.29) is 0 Å². The zero-order chi connectivity index (χ0) is 18.7. The highest BCUT2D eigenvalue weighted by molar-refractivity contribution is 5.30. The van der Waals surface area contributed by atoms with Crippen LogP contribution in [0, 0.1) is 17.8 Å². The summed E-state index contributed by atoms with van der Waals surface area (Å²) in [6.07, 6.45) is 12.1. The van der Waals surface area contributed by atoms with Crippen LogP contribution in [0.2, 0.25) is 0 Å². The summed E-state index contributed by atoms with van der Waals surface area (Å²) in [6.45, 7) is 14.4. The third-order valence-corrected chi connectivity index (χ3v) is 6.48. The molecule has 0 saturated carbocycles. The van der Waals surface area contributed by atoms with E-state index in [0.29, 0.717) is 5.92 Å². The molecule has 0 fully saturated rings. The van der Waals surface area contributed by atoms with Gasteiger partial charge in [-0.1, -0.05) is 104 Å². The molecular weight excluding hydrogens is 300 g/mol. The molecule has 0 nitrogen and oxygen atoms in total. The van der Waals surface area contributed by atoms with Crippen molar-refractivity contribution in [1.29, 1.82) is 0 Å².